The first-order valence-corrected chi connectivity index (χ1v) is 8.90. The molecule has 0 aliphatic heterocycles. The number of halogens is 4. The molecule has 3 rings (SSSR count). The molecule has 0 aromatic heterocycles. The molecule has 0 unspecified atom stereocenters. The minimum absolute atomic E-state index is 0.0126. The van der Waals surface area contributed by atoms with E-state index in [9.17, 15) is 18.0 Å². The predicted octanol–water partition coefficient (Wildman–Crippen LogP) is 5.29. The minimum atomic E-state index is -2.97. The quantitative estimate of drug-likeness (QED) is 0.670. The van der Waals surface area contributed by atoms with Crippen molar-refractivity contribution in [3.63, 3.8) is 0 Å². The maximum absolute atomic E-state index is 14.1. The predicted molar refractivity (Wildman–Crippen MR) is 98.6 cm³/mol. The molecule has 150 valence electrons. The summed E-state index contributed by atoms with van der Waals surface area (Å²) in [5, 5.41) is 2.44. The maximum atomic E-state index is 14.1. The Hall–Kier alpha value is -2.61. The molecule has 0 spiro atoms. The SMILES string of the molecule is COc1cc(CN(C(=O)Nc2cccc(Cl)c2F)C2CC2)ccc1OC(F)F. The van der Waals surface area contributed by atoms with Crippen LogP contribution in [0.3, 0.4) is 0 Å². The Morgan fingerprint density at radius 1 is 1.29 bits per heavy atom. The smallest absolute Gasteiger partial charge is 0.387 e. The third kappa shape index (κ3) is 4.81. The molecule has 1 aliphatic carbocycles. The van der Waals surface area contributed by atoms with Gasteiger partial charge < -0.3 is 19.7 Å². The number of carbonyl (C=O) groups excluding carboxylic acids is 1. The molecule has 1 N–H and O–H groups in total. The van der Waals surface area contributed by atoms with Crippen molar-refractivity contribution in [1.82, 2.24) is 4.90 Å². The standard InChI is InChI=1S/C19H18ClF3N2O3/c1-27-16-9-11(5-8-15(16)28-18(22)23)10-25(12-6-7-12)19(26)24-14-4-2-3-13(20)17(14)21/h2-5,8-9,12,18H,6-7,10H2,1H3,(H,24,26). The number of amides is 2. The first-order chi connectivity index (χ1) is 13.4. The third-order valence-electron chi connectivity index (χ3n) is 4.24. The molecule has 2 amide bonds. The summed E-state index contributed by atoms with van der Waals surface area (Å²) in [4.78, 5) is 14.2. The number of carbonyl (C=O) groups is 1. The molecule has 0 heterocycles. The topological polar surface area (TPSA) is 50.8 Å². The molecule has 2 aromatic rings. The molecular weight excluding hydrogens is 397 g/mol. The molecule has 1 aliphatic rings. The number of nitrogens with zero attached hydrogens (tertiary/aromatic N) is 1. The van der Waals surface area contributed by atoms with Crippen LogP contribution in [0.25, 0.3) is 0 Å². The van der Waals surface area contributed by atoms with Crippen LogP contribution in [0.15, 0.2) is 36.4 Å². The summed E-state index contributed by atoms with van der Waals surface area (Å²) >= 11 is 5.75. The van der Waals surface area contributed by atoms with Crippen molar-refractivity contribution < 1.29 is 27.4 Å². The number of hydrogen-bond donors (Lipinski definition) is 1. The van der Waals surface area contributed by atoms with Gasteiger partial charge in [0.05, 0.1) is 17.8 Å². The van der Waals surface area contributed by atoms with E-state index in [1.807, 2.05) is 0 Å². The Labute approximate surface area is 165 Å². The van der Waals surface area contributed by atoms with Gasteiger partial charge in [-0.3, -0.25) is 0 Å². The number of benzene rings is 2. The summed E-state index contributed by atoms with van der Waals surface area (Å²) in [6.07, 6.45) is 1.66. The first-order valence-electron chi connectivity index (χ1n) is 8.52. The second kappa shape index (κ2) is 8.60. The molecule has 28 heavy (non-hydrogen) atoms. The van der Waals surface area contributed by atoms with Gasteiger partial charge in [-0.05, 0) is 42.7 Å². The average Bonchev–Trinajstić information content (AvgIpc) is 3.49. The molecule has 9 heteroatoms. The highest BCUT2D eigenvalue weighted by molar-refractivity contribution is 6.31. The third-order valence-corrected chi connectivity index (χ3v) is 4.53. The van der Waals surface area contributed by atoms with E-state index >= 15 is 0 Å². The molecular formula is C19H18ClF3N2O3. The van der Waals surface area contributed by atoms with Gasteiger partial charge in [-0.25, -0.2) is 9.18 Å². The second-order valence-corrected chi connectivity index (χ2v) is 6.66. The van der Waals surface area contributed by atoms with Gasteiger partial charge in [-0.15, -0.1) is 0 Å². The van der Waals surface area contributed by atoms with Gasteiger partial charge in [-0.1, -0.05) is 23.7 Å². The van der Waals surface area contributed by atoms with Crippen LogP contribution in [0.4, 0.5) is 23.7 Å². The van der Waals surface area contributed by atoms with Crippen LogP contribution in [0.2, 0.25) is 5.02 Å². The molecule has 1 saturated carbocycles. The van der Waals surface area contributed by atoms with Gasteiger partial charge in [0.2, 0.25) is 0 Å². The number of urea groups is 1. The van der Waals surface area contributed by atoms with Gasteiger partial charge in [0.25, 0.3) is 0 Å². The number of rotatable bonds is 7. The van der Waals surface area contributed by atoms with Crippen LogP contribution >= 0.6 is 11.6 Å². The molecule has 1 fully saturated rings. The second-order valence-electron chi connectivity index (χ2n) is 6.25. The molecule has 0 bridgehead atoms. The van der Waals surface area contributed by atoms with Crippen LogP contribution in [0, 0.1) is 5.82 Å². The highest BCUT2D eigenvalue weighted by Gasteiger charge is 2.33. The number of nitrogens with one attached hydrogen (secondary N) is 1. The average molecular weight is 415 g/mol. The number of methoxy groups -OCH3 is 1. The summed E-state index contributed by atoms with van der Waals surface area (Å²) in [7, 11) is 1.34. The fourth-order valence-corrected chi connectivity index (χ4v) is 2.92. The summed E-state index contributed by atoms with van der Waals surface area (Å²) in [6, 6.07) is 8.35. The van der Waals surface area contributed by atoms with E-state index in [2.05, 4.69) is 10.1 Å². The van der Waals surface area contributed by atoms with Crippen molar-refractivity contribution >= 4 is 23.3 Å². The lowest BCUT2D eigenvalue weighted by atomic mass is 10.2. The number of anilines is 1. The van der Waals surface area contributed by atoms with Crippen LogP contribution in [0.1, 0.15) is 18.4 Å². The highest BCUT2D eigenvalue weighted by Crippen LogP contribution is 2.33. The zero-order valence-corrected chi connectivity index (χ0v) is 15.7. The Bertz CT molecular complexity index is 862. The first kappa shape index (κ1) is 20.1. The fraction of sp³-hybridized carbons (Fsp3) is 0.316. The van der Waals surface area contributed by atoms with Crippen LogP contribution in [-0.2, 0) is 6.54 Å². The van der Waals surface area contributed by atoms with Crippen molar-refractivity contribution in [3.8, 4) is 11.5 Å². The van der Waals surface area contributed by atoms with E-state index < -0.39 is 18.5 Å². The summed E-state index contributed by atoms with van der Waals surface area (Å²) in [5.41, 5.74) is 0.647. The molecule has 5 nitrogen and oxygen atoms in total. The van der Waals surface area contributed by atoms with Gasteiger partial charge in [-0.2, -0.15) is 8.78 Å². The lowest BCUT2D eigenvalue weighted by Crippen LogP contribution is -2.36. The van der Waals surface area contributed by atoms with E-state index in [1.54, 1.807) is 11.0 Å². The van der Waals surface area contributed by atoms with E-state index in [1.165, 1.54) is 37.4 Å². The fourth-order valence-electron chi connectivity index (χ4n) is 2.74. The number of alkyl halides is 2. The van der Waals surface area contributed by atoms with E-state index in [4.69, 9.17) is 16.3 Å². The Balaban J connectivity index is 1.76. The lowest BCUT2D eigenvalue weighted by molar-refractivity contribution is -0.0512. The van der Waals surface area contributed by atoms with Gasteiger partial charge >= 0.3 is 12.6 Å². The van der Waals surface area contributed by atoms with Crippen LogP contribution in [0.5, 0.6) is 11.5 Å². The maximum Gasteiger partial charge on any atom is 0.387 e. The summed E-state index contributed by atoms with van der Waals surface area (Å²) in [5.74, 6) is -0.664. The molecule has 0 radical (unpaired) electrons. The van der Waals surface area contributed by atoms with Crippen molar-refractivity contribution in [3.05, 3.63) is 52.8 Å². The van der Waals surface area contributed by atoms with Crippen molar-refractivity contribution in [2.24, 2.45) is 0 Å². The minimum Gasteiger partial charge on any atom is -0.493 e. The van der Waals surface area contributed by atoms with Crippen molar-refractivity contribution in [2.75, 3.05) is 12.4 Å². The largest absolute Gasteiger partial charge is 0.493 e. The monoisotopic (exact) mass is 414 g/mol. The normalized spacial score (nSPS) is 13.4. The highest BCUT2D eigenvalue weighted by atomic mass is 35.5. The Morgan fingerprint density at radius 2 is 2.04 bits per heavy atom. The van der Waals surface area contributed by atoms with E-state index in [0.29, 0.717) is 5.56 Å². The van der Waals surface area contributed by atoms with Gasteiger partial charge in [0.1, 0.15) is 0 Å². The van der Waals surface area contributed by atoms with Crippen LogP contribution < -0.4 is 14.8 Å². The summed E-state index contributed by atoms with van der Waals surface area (Å²) in [6.45, 7) is -2.77. The molecule has 2 aromatic carbocycles. The Kier molecular flexibility index (Phi) is 6.18. The van der Waals surface area contributed by atoms with Crippen LogP contribution in [-0.4, -0.2) is 30.7 Å². The molecule has 0 saturated heterocycles. The van der Waals surface area contributed by atoms with Gasteiger partial charge in [0, 0.05) is 12.6 Å². The number of hydrogen-bond acceptors (Lipinski definition) is 3. The molecule has 0 atom stereocenters. The number of ether oxygens (including phenoxy) is 2. The zero-order chi connectivity index (χ0) is 20.3. The summed E-state index contributed by atoms with van der Waals surface area (Å²) < 4.78 is 48.5. The Morgan fingerprint density at radius 3 is 2.68 bits per heavy atom. The van der Waals surface area contributed by atoms with Gasteiger partial charge in [0.15, 0.2) is 17.3 Å². The van der Waals surface area contributed by atoms with E-state index in [-0.39, 0.29) is 34.8 Å². The zero-order valence-electron chi connectivity index (χ0n) is 14.9. The van der Waals surface area contributed by atoms with E-state index in [0.717, 1.165) is 12.8 Å². The van der Waals surface area contributed by atoms with Crippen molar-refractivity contribution in [2.45, 2.75) is 32.0 Å². The lowest BCUT2D eigenvalue weighted by Gasteiger charge is -2.23. The van der Waals surface area contributed by atoms with Crippen molar-refractivity contribution in [1.29, 1.82) is 0 Å².